The van der Waals surface area contributed by atoms with Crippen molar-refractivity contribution in [2.24, 2.45) is 4.99 Å². The van der Waals surface area contributed by atoms with Crippen molar-refractivity contribution < 1.29 is 13.9 Å². The van der Waals surface area contributed by atoms with Crippen LogP contribution in [-0.4, -0.2) is 68.4 Å². The smallest absolute Gasteiger partial charge is 0.193 e. The second kappa shape index (κ2) is 9.09. The van der Waals surface area contributed by atoms with Crippen molar-refractivity contribution in [3.8, 4) is 5.75 Å². The number of fused-ring (bicyclic) bond motifs is 1. The fourth-order valence-electron chi connectivity index (χ4n) is 4.60. The minimum absolute atomic E-state index is 0.229. The van der Waals surface area contributed by atoms with E-state index in [1.54, 1.807) is 6.07 Å². The number of ether oxygens (including phenoxy) is 2. The molecule has 2 saturated heterocycles. The summed E-state index contributed by atoms with van der Waals surface area (Å²) >= 11 is 0. The van der Waals surface area contributed by atoms with Gasteiger partial charge in [-0.15, -0.1) is 0 Å². The molecular weight excluding hydrogens is 359 g/mol. The lowest BCUT2D eigenvalue weighted by atomic mass is 10.1. The normalized spacial score (nSPS) is 23.4. The maximum Gasteiger partial charge on any atom is 0.193 e. The van der Waals surface area contributed by atoms with Crippen LogP contribution in [-0.2, 0) is 17.8 Å². The average Bonchev–Trinajstić information content (AvgIpc) is 3.21. The van der Waals surface area contributed by atoms with Gasteiger partial charge in [0.1, 0.15) is 11.6 Å². The molecule has 1 aromatic carbocycles. The number of hydrogen-bond donors (Lipinski definition) is 1. The molecule has 0 bridgehead atoms. The van der Waals surface area contributed by atoms with Crippen LogP contribution in [0.25, 0.3) is 0 Å². The van der Waals surface area contributed by atoms with Crippen molar-refractivity contribution in [2.45, 2.75) is 44.8 Å². The van der Waals surface area contributed by atoms with Gasteiger partial charge in [0.2, 0.25) is 0 Å². The van der Waals surface area contributed by atoms with Gasteiger partial charge in [0, 0.05) is 38.3 Å². The molecule has 3 aliphatic heterocycles. The number of guanidine groups is 1. The number of rotatable bonds is 4. The Labute approximate surface area is 166 Å². The quantitative estimate of drug-likeness (QED) is 0.632. The van der Waals surface area contributed by atoms with E-state index in [-0.39, 0.29) is 12.6 Å². The van der Waals surface area contributed by atoms with E-state index in [1.165, 1.54) is 44.8 Å². The maximum atomic E-state index is 13.9. The standard InChI is InChI=1S/C21H31FN4O2/c1-23-21(26-10-6-19(13-26)25-8-3-2-4-9-25)24-7-5-16-11-18(22)12-17-14-27-15-28-20(16)17/h11-12,19H,2-10,13-15H2,1H3,(H,23,24). The predicted octanol–water partition coefficient (Wildman–Crippen LogP) is 2.37. The molecule has 1 N–H and O–H groups in total. The van der Waals surface area contributed by atoms with Gasteiger partial charge in [-0.25, -0.2) is 4.39 Å². The Balaban J connectivity index is 1.31. The number of aliphatic imine (C=N–C) groups is 1. The summed E-state index contributed by atoms with van der Waals surface area (Å²) in [7, 11) is 1.83. The molecule has 0 spiro atoms. The van der Waals surface area contributed by atoms with Crippen LogP contribution in [0, 0.1) is 5.82 Å². The van der Waals surface area contributed by atoms with Gasteiger partial charge in [-0.05, 0) is 56.5 Å². The Morgan fingerprint density at radius 3 is 2.93 bits per heavy atom. The van der Waals surface area contributed by atoms with E-state index < -0.39 is 0 Å². The van der Waals surface area contributed by atoms with Crippen LogP contribution >= 0.6 is 0 Å². The molecule has 154 valence electrons. The van der Waals surface area contributed by atoms with Crippen LogP contribution in [0.15, 0.2) is 17.1 Å². The van der Waals surface area contributed by atoms with Crippen LogP contribution in [0.3, 0.4) is 0 Å². The predicted molar refractivity (Wildman–Crippen MR) is 107 cm³/mol. The number of nitrogens with one attached hydrogen (secondary N) is 1. The first-order chi connectivity index (χ1) is 13.7. The summed E-state index contributed by atoms with van der Waals surface area (Å²) in [5.41, 5.74) is 1.67. The van der Waals surface area contributed by atoms with E-state index in [0.29, 0.717) is 25.6 Å². The molecular formula is C21H31FN4O2. The summed E-state index contributed by atoms with van der Waals surface area (Å²) in [6.07, 6.45) is 5.91. The first-order valence-corrected chi connectivity index (χ1v) is 10.5. The molecule has 0 aromatic heterocycles. The van der Waals surface area contributed by atoms with Gasteiger partial charge < -0.3 is 19.7 Å². The van der Waals surface area contributed by atoms with Crippen molar-refractivity contribution in [1.82, 2.24) is 15.1 Å². The van der Waals surface area contributed by atoms with Crippen LogP contribution in [0.5, 0.6) is 5.75 Å². The van der Waals surface area contributed by atoms with Gasteiger partial charge in [0.15, 0.2) is 12.8 Å². The minimum Gasteiger partial charge on any atom is -0.467 e. The topological polar surface area (TPSA) is 49.3 Å². The van der Waals surface area contributed by atoms with Gasteiger partial charge in [-0.2, -0.15) is 0 Å². The van der Waals surface area contributed by atoms with Gasteiger partial charge in [-0.1, -0.05) is 6.42 Å². The highest BCUT2D eigenvalue weighted by molar-refractivity contribution is 5.80. The molecule has 1 unspecified atom stereocenters. The minimum atomic E-state index is -0.240. The van der Waals surface area contributed by atoms with Crippen LogP contribution in [0.4, 0.5) is 4.39 Å². The summed E-state index contributed by atoms with van der Waals surface area (Å²) in [5.74, 6) is 1.47. The zero-order chi connectivity index (χ0) is 19.3. The number of halogens is 1. The van der Waals surface area contributed by atoms with Crippen molar-refractivity contribution in [1.29, 1.82) is 0 Å². The molecule has 2 fully saturated rings. The summed E-state index contributed by atoms with van der Waals surface area (Å²) < 4.78 is 24.8. The third-order valence-corrected chi connectivity index (χ3v) is 6.01. The molecule has 0 aliphatic carbocycles. The molecule has 0 saturated carbocycles. The Morgan fingerprint density at radius 2 is 2.11 bits per heavy atom. The third kappa shape index (κ3) is 4.41. The van der Waals surface area contributed by atoms with E-state index in [1.807, 2.05) is 7.05 Å². The van der Waals surface area contributed by atoms with Gasteiger partial charge in [-0.3, -0.25) is 9.89 Å². The second-order valence-electron chi connectivity index (χ2n) is 7.87. The van der Waals surface area contributed by atoms with Gasteiger partial charge in [0.05, 0.1) is 6.61 Å². The van der Waals surface area contributed by atoms with E-state index in [2.05, 4.69) is 20.1 Å². The molecule has 4 rings (SSSR count). The Hall–Kier alpha value is -1.86. The molecule has 0 radical (unpaired) electrons. The van der Waals surface area contributed by atoms with Crippen LogP contribution < -0.4 is 10.1 Å². The molecule has 28 heavy (non-hydrogen) atoms. The SMILES string of the molecule is CN=C(NCCc1cc(F)cc2c1OCOC2)N1CCC(N2CCCCC2)C1. The zero-order valence-electron chi connectivity index (χ0n) is 16.8. The van der Waals surface area contributed by atoms with Crippen LogP contribution in [0.1, 0.15) is 36.8 Å². The largest absolute Gasteiger partial charge is 0.467 e. The van der Waals surface area contributed by atoms with Gasteiger partial charge in [0.25, 0.3) is 0 Å². The first-order valence-electron chi connectivity index (χ1n) is 10.5. The number of benzene rings is 1. The second-order valence-corrected chi connectivity index (χ2v) is 7.87. The van der Waals surface area contributed by atoms with E-state index in [9.17, 15) is 4.39 Å². The van der Waals surface area contributed by atoms with E-state index in [0.717, 1.165) is 35.9 Å². The first kappa shape index (κ1) is 19.5. The van der Waals surface area contributed by atoms with Gasteiger partial charge >= 0.3 is 0 Å². The highest BCUT2D eigenvalue weighted by Gasteiger charge is 2.30. The van der Waals surface area contributed by atoms with Crippen molar-refractivity contribution in [2.75, 3.05) is 46.6 Å². The van der Waals surface area contributed by atoms with Crippen molar-refractivity contribution in [3.63, 3.8) is 0 Å². The lowest BCUT2D eigenvalue weighted by Gasteiger charge is -2.32. The Kier molecular flexibility index (Phi) is 6.32. The number of piperidine rings is 1. The highest BCUT2D eigenvalue weighted by atomic mass is 19.1. The summed E-state index contributed by atoms with van der Waals surface area (Å²) in [5, 5.41) is 3.46. The molecule has 6 nitrogen and oxygen atoms in total. The number of hydrogen-bond acceptors (Lipinski definition) is 4. The molecule has 0 amide bonds. The summed E-state index contributed by atoms with van der Waals surface area (Å²) in [6.45, 7) is 5.87. The van der Waals surface area contributed by atoms with E-state index >= 15 is 0 Å². The zero-order valence-corrected chi connectivity index (χ0v) is 16.8. The van der Waals surface area contributed by atoms with Crippen molar-refractivity contribution >= 4 is 5.96 Å². The molecule has 7 heteroatoms. The third-order valence-electron chi connectivity index (χ3n) is 6.01. The number of nitrogens with zero attached hydrogens (tertiary/aromatic N) is 3. The lowest BCUT2D eigenvalue weighted by molar-refractivity contribution is -0.0172. The number of likely N-dealkylation sites (tertiary alicyclic amines) is 2. The summed E-state index contributed by atoms with van der Waals surface area (Å²) in [6, 6.07) is 3.70. The Bertz CT molecular complexity index is 706. The molecule has 1 aromatic rings. The molecule has 3 aliphatic rings. The molecule has 3 heterocycles. The Morgan fingerprint density at radius 1 is 1.25 bits per heavy atom. The van der Waals surface area contributed by atoms with E-state index in [4.69, 9.17) is 9.47 Å². The fraction of sp³-hybridized carbons (Fsp3) is 0.667. The average molecular weight is 391 g/mol. The maximum absolute atomic E-state index is 13.9. The van der Waals surface area contributed by atoms with Crippen molar-refractivity contribution in [3.05, 3.63) is 29.1 Å². The van der Waals surface area contributed by atoms with Crippen LogP contribution in [0.2, 0.25) is 0 Å². The molecule has 1 atom stereocenters. The lowest BCUT2D eigenvalue weighted by Crippen LogP contribution is -2.44. The fourth-order valence-corrected chi connectivity index (χ4v) is 4.60. The highest BCUT2D eigenvalue weighted by Crippen LogP contribution is 2.29. The summed E-state index contributed by atoms with van der Waals surface area (Å²) in [4.78, 5) is 9.47. The monoisotopic (exact) mass is 390 g/mol.